The molecule has 0 aliphatic carbocycles. The van der Waals surface area contributed by atoms with Crippen molar-refractivity contribution in [1.82, 2.24) is 9.97 Å². The van der Waals surface area contributed by atoms with Crippen LogP contribution in [-0.2, 0) is 0 Å². The van der Waals surface area contributed by atoms with Crippen molar-refractivity contribution in [3.63, 3.8) is 0 Å². The molecule has 1 aromatic heterocycles. The Hall–Kier alpha value is -1.88. The molecule has 0 bridgehead atoms. The van der Waals surface area contributed by atoms with Gasteiger partial charge in [0.25, 0.3) is 5.88 Å². The molecule has 1 heterocycles. The van der Waals surface area contributed by atoms with E-state index < -0.39 is 5.82 Å². The Morgan fingerprint density at radius 2 is 1.89 bits per heavy atom. The lowest BCUT2D eigenvalue weighted by Gasteiger charge is -2.11. The summed E-state index contributed by atoms with van der Waals surface area (Å²) in [5.74, 6) is -0.402. The molecule has 2 aromatic rings. The van der Waals surface area contributed by atoms with Gasteiger partial charge in [-0.1, -0.05) is 11.6 Å². The Morgan fingerprint density at radius 1 is 1.28 bits per heavy atom. The highest BCUT2D eigenvalue weighted by molar-refractivity contribution is 6.30. The SMILES string of the molecule is Cc1cc(Cl)cc(C)c1Oc1nc(N)ncc1F. The maximum absolute atomic E-state index is 13.5. The summed E-state index contributed by atoms with van der Waals surface area (Å²) in [4.78, 5) is 7.24. The third kappa shape index (κ3) is 2.51. The highest BCUT2D eigenvalue weighted by Gasteiger charge is 2.12. The monoisotopic (exact) mass is 267 g/mol. The number of hydrogen-bond donors (Lipinski definition) is 1. The summed E-state index contributed by atoms with van der Waals surface area (Å²) in [6, 6.07) is 3.46. The Bertz CT molecular complexity index is 581. The maximum Gasteiger partial charge on any atom is 0.260 e. The van der Waals surface area contributed by atoms with Gasteiger partial charge in [-0.25, -0.2) is 4.98 Å². The van der Waals surface area contributed by atoms with Gasteiger partial charge in [-0.15, -0.1) is 0 Å². The Balaban J connectivity index is 2.43. The molecule has 6 heteroatoms. The van der Waals surface area contributed by atoms with Gasteiger partial charge in [0, 0.05) is 5.02 Å². The molecule has 0 aliphatic rings. The predicted molar refractivity (Wildman–Crippen MR) is 67.4 cm³/mol. The second-order valence-corrected chi connectivity index (χ2v) is 4.29. The van der Waals surface area contributed by atoms with Crippen LogP contribution in [0.4, 0.5) is 10.3 Å². The topological polar surface area (TPSA) is 61.0 Å². The number of aryl methyl sites for hydroxylation is 2. The first-order valence-electron chi connectivity index (χ1n) is 5.20. The highest BCUT2D eigenvalue weighted by Crippen LogP contribution is 2.31. The van der Waals surface area contributed by atoms with Crippen molar-refractivity contribution >= 4 is 17.5 Å². The van der Waals surface area contributed by atoms with E-state index in [-0.39, 0.29) is 11.8 Å². The third-order valence-electron chi connectivity index (χ3n) is 2.35. The van der Waals surface area contributed by atoms with E-state index in [0.29, 0.717) is 10.8 Å². The molecule has 0 saturated carbocycles. The zero-order valence-electron chi connectivity index (χ0n) is 9.87. The van der Waals surface area contributed by atoms with Crippen molar-refractivity contribution in [3.05, 3.63) is 40.3 Å². The van der Waals surface area contributed by atoms with E-state index in [0.717, 1.165) is 17.3 Å². The molecule has 1 aromatic carbocycles. The molecule has 2 N–H and O–H groups in total. The van der Waals surface area contributed by atoms with E-state index in [1.807, 2.05) is 13.8 Å². The fourth-order valence-electron chi connectivity index (χ4n) is 1.59. The summed E-state index contributed by atoms with van der Waals surface area (Å²) in [5, 5.41) is 0.597. The molecule has 0 atom stereocenters. The Kier molecular flexibility index (Phi) is 3.34. The van der Waals surface area contributed by atoms with E-state index in [2.05, 4.69) is 9.97 Å². The first-order chi connectivity index (χ1) is 8.47. The van der Waals surface area contributed by atoms with Crippen molar-refractivity contribution in [2.45, 2.75) is 13.8 Å². The molecule has 94 valence electrons. The first-order valence-corrected chi connectivity index (χ1v) is 5.58. The van der Waals surface area contributed by atoms with Crippen molar-refractivity contribution in [3.8, 4) is 11.6 Å². The second-order valence-electron chi connectivity index (χ2n) is 3.85. The van der Waals surface area contributed by atoms with Crippen LogP contribution < -0.4 is 10.5 Å². The molecule has 4 nitrogen and oxygen atoms in total. The first kappa shape index (κ1) is 12.6. The van der Waals surface area contributed by atoms with E-state index >= 15 is 0 Å². The summed E-state index contributed by atoms with van der Waals surface area (Å²) in [6.45, 7) is 3.63. The number of benzene rings is 1. The minimum absolute atomic E-state index is 0.0457. The summed E-state index contributed by atoms with van der Waals surface area (Å²) in [5.41, 5.74) is 6.97. The Labute approximate surface area is 109 Å². The van der Waals surface area contributed by atoms with Crippen LogP contribution in [0.2, 0.25) is 5.02 Å². The van der Waals surface area contributed by atoms with Crippen LogP contribution in [0.25, 0.3) is 0 Å². The van der Waals surface area contributed by atoms with Crippen molar-refractivity contribution in [2.24, 2.45) is 0 Å². The number of nitrogens with zero attached hydrogens (tertiary/aromatic N) is 2. The van der Waals surface area contributed by atoms with Gasteiger partial charge < -0.3 is 10.5 Å². The average molecular weight is 268 g/mol. The molecule has 0 radical (unpaired) electrons. The molecule has 0 spiro atoms. The van der Waals surface area contributed by atoms with Gasteiger partial charge >= 0.3 is 0 Å². The Morgan fingerprint density at radius 3 is 2.50 bits per heavy atom. The summed E-state index contributed by atoms with van der Waals surface area (Å²) < 4.78 is 18.9. The van der Waals surface area contributed by atoms with E-state index in [9.17, 15) is 4.39 Å². The summed E-state index contributed by atoms with van der Waals surface area (Å²) in [7, 11) is 0. The van der Waals surface area contributed by atoms with E-state index in [1.54, 1.807) is 12.1 Å². The quantitative estimate of drug-likeness (QED) is 0.907. The fraction of sp³-hybridized carbons (Fsp3) is 0.167. The van der Waals surface area contributed by atoms with Gasteiger partial charge in [-0.2, -0.15) is 9.37 Å². The molecule has 0 fully saturated rings. The van der Waals surface area contributed by atoms with Gasteiger partial charge in [0.1, 0.15) is 5.75 Å². The van der Waals surface area contributed by atoms with Crippen molar-refractivity contribution < 1.29 is 9.13 Å². The highest BCUT2D eigenvalue weighted by atomic mass is 35.5. The van der Waals surface area contributed by atoms with Crippen LogP contribution in [0, 0.1) is 19.7 Å². The van der Waals surface area contributed by atoms with Crippen LogP contribution in [0.5, 0.6) is 11.6 Å². The molecular weight excluding hydrogens is 257 g/mol. The van der Waals surface area contributed by atoms with Gasteiger partial charge in [0.2, 0.25) is 11.8 Å². The zero-order chi connectivity index (χ0) is 13.3. The molecule has 0 amide bonds. The molecule has 18 heavy (non-hydrogen) atoms. The minimum Gasteiger partial charge on any atom is -0.436 e. The number of nitrogen functional groups attached to an aromatic ring is 1. The normalized spacial score (nSPS) is 10.4. The number of nitrogens with two attached hydrogens (primary N) is 1. The molecule has 0 saturated heterocycles. The van der Waals surface area contributed by atoms with E-state index in [1.165, 1.54) is 0 Å². The number of anilines is 1. The van der Waals surface area contributed by atoms with Crippen LogP contribution >= 0.6 is 11.6 Å². The van der Waals surface area contributed by atoms with Crippen molar-refractivity contribution in [1.29, 1.82) is 0 Å². The smallest absolute Gasteiger partial charge is 0.260 e. The number of aromatic nitrogens is 2. The van der Waals surface area contributed by atoms with Crippen LogP contribution in [-0.4, -0.2) is 9.97 Å². The standard InChI is InChI=1S/C12H11ClFN3O/c1-6-3-8(13)4-7(2)10(6)18-11-9(14)5-16-12(15)17-11/h3-5H,1-2H3,(H2,15,16,17). The van der Waals surface area contributed by atoms with Gasteiger partial charge in [-0.05, 0) is 37.1 Å². The maximum atomic E-state index is 13.5. The van der Waals surface area contributed by atoms with Crippen LogP contribution in [0.15, 0.2) is 18.3 Å². The number of ether oxygens (including phenoxy) is 1. The summed E-state index contributed by atoms with van der Waals surface area (Å²) >= 11 is 5.91. The number of rotatable bonds is 2. The van der Waals surface area contributed by atoms with Crippen LogP contribution in [0.3, 0.4) is 0 Å². The predicted octanol–water partition coefficient (Wildman–Crippen LogP) is 3.26. The van der Waals surface area contributed by atoms with Gasteiger partial charge in [0.05, 0.1) is 6.20 Å². The lowest BCUT2D eigenvalue weighted by molar-refractivity contribution is 0.416. The molecular formula is C12H11ClFN3O. The number of hydrogen-bond acceptors (Lipinski definition) is 4. The van der Waals surface area contributed by atoms with E-state index in [4.69, 9.17) is 22.1 Å². The molecule has 0 unspecified atom stereocenters. The molecule has 2 rings (SSSR count). The van der Waals surface area contributed by atoms with Gasteiger partial charge in [-0.3, -0.25) is 0 Å². The molecule has 0 aliphatic heterocycles. The fourth-order valence-corrected chi connectivity index (χ4v) is 1.92. The third-order valence-corrected chi connectivity index (χ3v) is 2.57. The minimum atomic E-state index is -0.669. The average Bonchev–Trinajstić information content (AvgIpc) is 2.28. The summed E-state index contributed by atoms with van der Waals surface area (Å²) in [6.07, 6.45) is 0.970. The van der Waals surface area contributed by atoms with Gasteiger partial charge in [0.15, 0.2) is 0 Å². The largest absolute Gasteiger partial charge is 0.436 e. The van der Waals surface area contributed by atoms with Crippen molar-refractivity contribution in [2.75, 3.05) is 5.73 Å². The lowest BCUT2D eigenvalue weighted by atomic mass is 10.1. The number of halogens is 2. The second kappa shape index (κ2) is 4.78. The zero-order valence-corrected chi connectivity index (χ0v) is 10.6. The van der Waals surface area contributed by atoms with Crippen LogP contribution in [0.1, 0.15) is 11.1 Å². The lowest BCUT2D eigenvalue weighted by Crippen LogP contribution is -2.01.